The van der Waals surface area contributed by atoms with Gasteiger partial charge in [-0.05, 0) is 42.5 Å². The third kappa shape index (κ3) is 3.96. The third-order valence-electron chi connectivity index (χ3n) is 5.37. The lowest BCUT2D eigenvalue weighted by molar-refractivity contribution is 0.370. The highest BCUT2D eigenvalue weighted by Crippen LogP contribution is 2.28. The summed E-state index contributed by atoms with van der Waals surface area (Å²) < 4.78 is 24.2. The van der Waals surface area contributed by atoms with Crippen molar-refractivity contribution in [2.75, 3.05) is 21.3 Å². The van der Waals surface area contributed by atoms with E-state index >= 15 is 0 Å². The zero-order valence-electron chi connectivity index (χ0n) is 18.8. The van der Waals surface area contributed by atoms with Gasteiger partial charge < -0.3 is 23.3 Å². The van der Waals surface area contributed by atoms with Crippen molar-refractivity contribution in [3.8, 4) is 39.9 Å². The van der Waals surface area contributed by atoms with E-state index < -0.39 is 0 Å². The molecule has 0 fully saturated rings. The highest BCUT2D eigenvalue weighted by molar-refractivity contribution is 5.66. The van der Waals surface area contributed by atoms with Gasteiger partial charge in [0.25, 0.3) is 5.56 Å². The first-order valence-electron chi connectivity index (χ1n) is 10.4. The van der Waals surface area contributed by atoms with Crippen molar-refractivity contribution in [2.45, 2.75) is 6.54 Å². The van der Waals surface area contributed by atoms with E-state index in [9.17, 15) is 4.79 Å². The summed E-state index contributed by atoms with van der Waals surface area (Å²) in [4.78, 5) is 17.5. The van der Waals surface area contributed by atoms with Gasteiger partial charge in [0.2, 0.25) is 11.7 Å². The Morgan fingerprint density at radius 3 is 2.24 bits per heavy atom. The molecule has 0 atom stereocenters. The van der Waals surface area contributed by atoms with E-state index in [-0.39, 0.29) is 18.0 Å². The Labute approximate surface area is 193 Å². The molecule has 34 heavy (non-hydrogen) atoms. The van der Waals surface area contributed by atoms with Crippen molar-refractivity contribution in [1.29, 1.82) is 0 Å². The Kier molecular flexibility index (Phi) is 5.46. The maximum absolute atomic E-state index is 13.1. The maximum atomic E-state index is 13.1. The number of benzene rings is 2. The molecule has 0 bridgehead atoms. The summed E-state index contributed by atoms with van der Waals surface area (Å²) in [6.07, 6.45) is 3.35. The second-order valence-corrected chi connectivity index (χ2v) is 7.43. The van der Waals surface area contributed by atoms with Crippen LogP contribution in [-0.4, -0.2) is 45.7 Å². The minimum atomic E-state index is -0.224. The van der Waals surface area contributed by atoms with Crippen LogP contribution < -0.4 is 19.8 Å². The number of methoxy groups -OCH3 is 3. The van der Waals surface area contributed by atoms with Gasteiger partial charge in [0.1, 0.15) is 29.3 Å². The van der Waals surface area contributed by atoms with Crippen molar-refractivity contribution in [3.63, 3.8) is 0 Å². The highest BCUT2D eigenvalue weighted by atomic mass is 16.5. The summed E-state index contributed by atoms with van der Waals surface area (Å²) in [6, 6.07) is 14.6. The van der Waals surface area contributed by atoms with Crippen LogP contribution in [0.5, 0.6) is 17.2 Å². The first-order chi connectivity index (χ1) is 16.6. The SMILES string of the molecule is COc1ccc(-c2cc3c(=O)n(Cc4nc(-c5cc(OC)cc(OC)c5)no4)ccn3n2)cc1. The molecule has 5 aromatic rings. The molecule has 5 rings (SSSR count). The molecule has 0 spiro atoms. The largest absolute Gasteiger partial charge is 0.497 e. The lowest BCUT2D eigenvalue weighted by Crippen LogP contribution is -2.21. The van der Waals surface area contributed by atoms with Gasteiger partial charge in [-0.1, -0.05) is 5.16 Å². The average Bonchev–Trinajstić information content (AvgIpc) is 3.53. The molecule has 0 unspecified atom stereocenters. The van der Waals surface area contributed by atoms with Gasteiger partial charge in [-0.2, -0.15) is 10.1 Å². The van der Waals surface area contributed by atoms with E-state index in [2.05, 4.69) is 15.2 Å². The summed E-state index contributed by atoms with van der Waals surface area (Å²) in [7, 11) is 4.75. The van der Waals surface area contributed by atoms with E-state index in [4.69, 9.17) is 18.7 Å². The molecule has 0 aliphatic rings. The summed E-state index contributed by atoms with van der Waals surface area (Å²) in [5.41, 5.74) is 2.45. The number of nitrogens with zero attached hydrogens (tertiary/aromatic N) is 5. The lowest BCUT2D eigenvalue weighted by Gasteiger charge is -2.05. The van der Waals surface area contributed by atoms with Gasteiger partial charge >= 0.3 is 0 Å². The number of hydrogen-bond acceptors (Lipinski definition) is 8. The molecule has 0 saturated carbocycles. The topological polar surface area (TPSA) is 106 Å². The molecule has 172 valence electrons. The van der Waals surface area contributed by atoms with Crippen molar-refractivity contribution in [1.82, 2.24) is 24.3 Å². The number of rotatable bonds is 7. The Balaban J connectivity index is 1.43. The van der Waals surface area contributed by atoms with Crippen molar-refractivity contribution in [2.24, 2.45) is 0 Å². The molecule has 0 aliphatic heterocycles. The van der Waals surface area contributed by atoms with Gasteiger partial charge in [-0.25, -0.2) is 4.52 Å². The summed E-state index contributed by atoms with van der Waals surface area (Å²) in [6.45, 7) is 0.118. The molecule has 3 heterocycles. The minimum Gasteiger partial charge on any atom is -0.497 e. The van der Waals surface area contributed by atoms with Gasteiger partial charge in [-0.3, -0.25) is 4.79 Å². The van der Waals surface area contributed by atoms with Crippen LogP contribution in [0.25, 0.3) is 28.2 Å². The molecule has 0 amide bonds. The number of hydrogen-bond donors (Lipinski definition) is 0. The molecule has 0 N–H and O–H groups in total. The smallest absolute Gasteiger partial charge is 0.277 e. The standard InChI is InChI=1S/C24H21N5O5/c1-31-17-6-4-15(5-7-17)20-13-21-24(30)28(8-9-29(21)26-20)14-22-25-23(27-34-22)16-10-18(32-2)12-19(11-16)33-3/h4-13H,14H2,1-3H3. The quantitative estimate of drug-likeness (QED) is 0.365. The van der Waals surface area contributed by atoms with Crippen LogP contribution in [-0.2, 0) is 6.54 Å². The fraction of sp³-hybridized carbons (Fsp3) is 0.167. The molecule has 3 aromatic heterocycles. The van der Waals surface area contributed by atoms with E-state index in [1.54, 1.807) is 62.5 Å². The molecule has 10 nitrogen and oxygen atoms in total. The Hall–Kier alpha value is -4.60. The second kappa shape index (κ2) is 8.74. The van der Waals surface area contributed by atoms with Crippen LogP contribution in [0.15, 0.2) is 70.2 Å². The van der Waals surface area contributed by atoms with E-state index in [1.807, 2.05) is 24.3 Å². The zero-order valence-corrected chi connectivity index (χ0v) is 18.8. The highest BCUT2D eigenvalue weighted by Gasteiger charge is 2.14. The molecule has 0 radical (unpaired) electrons. The second-order valence-electron chi connectivity index (χ2n) is 7.43. The minimum absolute atomic E-state index is 0.118. The van der Waals surface area contributed by atoms with Crippen LogP contribution in [0, 0.1) is 0 Å². The first kappa shape index (κ1) is 21.3. The monoisotopic (exact) mass is 459 g/mol. The van der Waals surface area contributed by atoms with Gasteiger partial charge in [0.05, 0.1) is 27.0 Å². The van der Waals surface area contributed by atoms with Crippen LogP contribution in [0.3, 0.4) is 0 Å². The van der Waals surface area contributed by atoms with Crippen molar-refractivity contribution < 1.29 is 18.7 Å². The van der Waals surface area contributed by atoms with Crippen LogP contribution in [0.4, 0.5) is 0 Å². The Morgan fingerprint density at radius 1 is 0.853 bits per heavy atom. The summed E-state index contributed by atoms with van der Waals surface area (Å²) in [5.74, 6) is 2.62. The Morgan fingerprint density at radius 2 is 1.56 bits per heavy atom. The summed E-state index contributed by atoms with van der Waals surface area (Å²) >= 11 is 0. The molecular weight excluding hydrogens is 438 g/mol. The van der Waals surface area contributed by atoms with Crippen molar-refractivity contribution in [3.05, 3.63) is 77.2 Å². The van der Waals surface area contributed by atoms with Gasteiger partial charge in [0, 0.05) is 29.6 Å². The van der Waals surface area contributed by atoms with Gasteiger partial charge in [0.15, 0.2) is 0 Å². The predicted molar refractivity (Wildman–Crippen MR) is 123 cm³/mol. The predicted octanol–water partition coefficient (Wildman–Crippen LogP) is 3.29. The maximum Gasteiger partial charge on any atom is 0.277 e. The molecule has 10 heteroatoms. The number of fused-ring (bicyclic) bond motifs is 1. The Bertz CT molecular complexity index is 1500. The fourth-order valence-corrected chi connectivity index (χ4v) is 3.57. The van der Waals surface area contributed by atoms with Crippen LogP contribution >= 0.6 is 0 Å². The average molecular weight is 459 g/mol. The van der Waals surface area contributed by atoms with Gasteiger partial charge in [-0.15, -0.1) is 0 Å². The van der Waals surface area contributed by atoms with E-state index in [0.717, 1.165) is 11.3 Å². The fourth-order valence-electron chi connectivity index (χ4n) is 3.57. The van der Waals surface area contributed by atoms with Crippen LogP contribution in [0.2, 0.25) is 0 Å². The van der Waals surface area contributed by atoms with E-state index in [0.29, 0.717) is 34.1 Å². The number of aromatic nitrogens is 5. The van der Waals surface area contributed by atoms with E-state index in [1.165, 1.54) is 4.57 Å². The normalized spacial score (nSPS) is 11.0. The lowest BCUT2D eigenvalue weighted by atomic mass is 10.1. The molecule has 0 aliphatic carbocycles. The summed E-state index contributed by atoms with van der Waals surface area (Å²) in [5, 5.41) is 8.55. The third-order valence-corrected chi connectivity index (χ3v) is 5.37. The van der Waals surface area contributed by atoms with Crippen LogP contribution in [0.1, 0.15) is 5.89 Å². The first-order valence-corrected chi connectivity index (χ1v) is 10.4. The van der Waals surface area contributed by atoms with Crippen molar-refractivity contribution >= 4 is 5.52 Å². The molecular formula is C24H21N5O5. The zero-order chi connectivity index (χ0) is 23.7. The number of ether oxygens (including phenoxy) is 3. The molecule has 2 aromatic carbocycles. The molecule has 0 saturated heterocycles.